The predicted molar refractivity (Wildman–Crippen MR) is 160 cm³/mol. The Labute approximate surface area is 232 Å². The zero-order chi connectivity index (χ0) is 26.0. The van der Waals surface area contributed by atoms with E-state index in [1.807, 2.05) is 0 Å². The van der Waals surface area contributed by atoms with Crippen LogP contribution in [0.1, 0.15) is 106 Å². The van der Waals surface area contributed by atoms with Crippen molar-refractivity contribution in [3.8, 4) is 0 Å². The summed E-state index contributed by atoms with van der Waals surface area (Å²) in [6, 6.07) is 0. The van der Waals surface area contributed by atoms with Crippen LogP contribution in [0.15, 0.2) is 0 Å². The maximum absolute atomic E-state index is 14.4. The first-order valence-corrected chi connectivity index (χ1v) is 19.4. The van der Waals surface area contributed by atoms with E-state index in [0.29, 0.717) is 46.4 Å². The molecule has 0 bridgehead atoms. The van der Waals surface area contributed by atoms with Crippen molar-refractivity contribution in [1.82, 2.24) is 0 Å². The van der Waals surface area contributed by atoms with Gasteiger partial charge in [0.1, 0.15) is 5.78 Å². The highest BCUT2D eigenvalue weighted by molar-refractivity contribution is 14.1. The molecule has 4 saturated carbocycles. The van der Waals surface area contributed by atoms with Crippen LogP contribution in [0.25, 0.3) is 0 Å². The Morgan fingerprint density at radius 3 is 2.26 bits per heavy atom. The Hall–Kier alpha value is 0.577. The third-order valence-electron chi connectivity index (χ3n) is 12.7. The fourth-order valence-corrected chi connectivity index (χ4v) is 12.1. The van der Waals surface area contributed by atoms with Crippen LogP contribution in [-0.2, 0) is 9.22 Å². The van der Waals surface area contributed by atoms with Crippen molar-refractivity contribution in [2.24, 2.45) is 52.3 Å². The second-order valence-corrected chi connectivity index (χ2v) is 21.1. The standard InChI is InChI=1S/C31H55IO2Si/c1-10-22-26-19-21(34-35(8,9)29(3,4)5)13-16-31(26,7)25-14-17-30(6)23(20(2)15-18-32)11-12-24(30)27(25)28(22)33/h20-27H,10-19H2,1-9H3/t20-,21-,22-,23?,24?,25?,26?,27?,30-,31-/m1/s1. The second kappa shape index (κ2) is 9.95. The number of ketones is 1. The maximum atomic E-state index is 14.4. The van der Waals surface area contributed by atoms with Gasteiger partial charge in [-0.2, -0.15) is 0 Å². The molecule has 35 heavy (non-hydrogen) atoms. The van der Waals surface area contributed by atoms with Gasteiger partial charge in [-0.25, -0.2) is 0 Å². The largest absolute Gasteiger partial charge is 0.414 e. The maximum Gasteiger partial charge on any atom is 0.192 e. The van der Waals surface area contributed by atoms with Crippen LogP contribution in [0, 0.1) is 52.3 Å². The third-order valence-corrected chi connectivity index (χ3v) is 17.9. The van der Waals surface area contributed by atoms with Gasteiger partial charge in [0.15, 0.2) is 8.32 Å². The van der Waals surface area contributed by atoms with E-state index in [1.165, 1.54) is 49.4 Å². The summed E-state index contributed by atoms with van der Waals surface area (Å²) in [4.78, 5) is 14.4. The van der Waals surface area contributed by atoms with Crippen LogP contribution in [-0.4, -0.2) is 24.6 Å². The number of fused-ring (bicyclic) bond motifs is 5. The first-order valence-electron chi connectivity index (χ1n) is 15.0. The van der Waals surface area contributed by atoms with Crippen LogP contribution >= 0.6 is 22.6 Å². The summed E-state index contributed by atoms with van der Waals surface area (Å²) in [5.41, 5.74) is 0.700. The molecule has 10 atom stereocenters. The average Bonchev–Trinajstić information content (AvgIpc) is 3.11. The number of hydrogen-bond acceptors (Lipinski definition) is 2. The van der Waals surface area contributed by atoms with Gasteiger partial charge in [-0.1, -0.05) is 71.1 Å². The molecular formula is C31H55IO2Si. The molecule has 0 aromatic rings. The molecule has 4 rings (SSSR count). The van der Waals surface area contributed by atoms with Crippen LogP contribution < -0.4 is 0 Å². The average molecular weight is 615 g/mol. The van der Waals surface area contributed by atoms with Gasteiger partial charge < -0.3 is 4.43 Å². The molecule has 4 fully saturated rings. The minimum atomic E-state index is -1.80. The summed E-state index contributed by atoms with van der Waals surface area (Å²) in [6.45, 7) is 21.9. The van der Waals surface area contributed by atoms with Crippen molar-refractivity contribution in [2.45, 2.75) is 130 Å². The van der Waals surface area contributed by atoms with E-state index >= 15 is 0 Å². The molecule has 0 N–H and O–H groups in total. The Balaban J connectivity index is 1.60. The Morgan fingerprint density at radius 1 is 1.03 bits per heavy atom. The Bertz CT molecular complexity index is 789. The molecule has 0 saturated heterocycles. The first-order chi connectivity index (χ1) is 16.2. The zero-order valence-electron chi connectivity index (χ0n) is 24.4. The van der Waals surface area contributed by atoms with Crippen LogP contribution in [0.5, 0.6) is 0 Å². The van der Waals surface area contributed by atoms with Crippen molar-refractivity contribution in [3.05, 3.63) is 0 Å². The smallest absolute Gasteiger partial charge is 0.192 e. The van der Waals surface area contributed by atoms with Crippen molar-refractivity contribution in [3.63, 3.8) is 0 Å². The van der Waals surface area contributed by atoms with Gasteiger partial charge in [0.25, 0.3) is 0 Å². The molecule has 0 aromatic heterocycles. The molecule has 2 nitrogen and oxygen atoms in total. The quantitative estimate of drug-likeness (QED) is 0.169. The fourth-order valence-electron chi connectivity index (χ4n) is 9.67. The van der Waals surface area contributed by atoms with Crippen molar-refractivity contribution in [1.29, 1.82) is 0 Å². The number of carbonyl (C=O) groups is 1. The number of carbonyl (C=O) groups excluding carboxylic acids is 1. The van der Waals surface area contributed by atoms with Crippen molar-refractivity contribution in [2.75, 3.05) is 4.43 Å². The number of alkyl halides is 1. The van der Waals surface area contributed by atoms with Gasteiger partial charge in [-0.3, -0.25) is 4.79 Å². The van der Waals surface area contributed by atoms with Gasteiger partial charge in [0, 0.05) is 17.9 Å². The number of halogens is 1. The highest BCUT2D eigenvalue weighted by atomic mass is 127. The summed E-state index contributed by atoms with van der Waals surface area (Å²) in [6.07, 6.45) is 11.6. The lowest BCUT2D eigenvalue weighted by atomic mass is 9.42. The van der Waals surface area contributed by atoms with Crippen molar-refractivity contribution >= 4 is 36.7 Å². The SMILES string of the molecule is CC[C@H]1C(=O)C2C3CCC([C@H](C)CCI)[C@@]3(C)CCC2[C@@]2(C)CC[C@@H](O[Si](C)(C)C(C)(C)C)CC12. The minimum Gasteiger partial charge on any atom is -0.414 e. The highest BCUT2D eigenvalue weighted by Gasteiger charge is 2.65. The van der Waals surface area contributed by atoms with E-state index in [4.69, 9.17) is 4.43 Å². The van der Waals surface area contributed by atoms with E-state index in [9.17, 15) is 4.79 Å². The van der Waals surface area contributed by atoms with Gasteiger partial charge in [-0.15, -0.1) is 0 Å². The van der Waals surface area contributed by atoms with E-state index in [-0.39, 0.29) is 11.0 Å². The second-order valence-electron chi connectivity index (χ2n) is 15.2. The summed E-state index contributed by atoms with van der Waals surface area (Å²) < 4.78 is 8.24. The summed E-state index contributed by atoms with van der Waals surface area (Å²) in [7, 11) is -1.80. The summed E-state index contributed by atoms with van der Waals surface area (Å²) >= 11 is 2.56. The molecule has 0 radical (unpaired) electrons. The normalized spacial score (nSPS) is 45.0. The topological polar surface area (TPSA) is 26.3 Å². The molecule has 0 heterocycles. The van der Waals surface area contributed by atoms with Crippen LogP contribution in [0.2, 0.25) is 18.1 Å². The first kappa shape index (κ1) is 28.6. The molecule has 4 aliphatic carbocycles. The van der Waals surface area contributed by atoms with Gasteiger partial charge in [0.05, 0.1) is 0 Å². The lowest BCUT2D eigenvalue weighted by Crippen LogP contribution is -2.61. The van der Waals surface area contributed by atoms with E-state index in [1.54, 1.807) is 0 Å². The van der Waals surface area contributed by atoms with E-state index < -0.39 is 8.32 Å². The van der Waals surface area contributed by atoms with Crippen LogP contribution in [0.3, 0.4) is 0 Å². The van der Waals surface area contributed by atoms with E-state index in [0.717, 1.165) is 24.7 Å². The number of rotatable bonds is 6. The summed E-state index contributed by atoms with van der Waals surface area (Å²) in [5, 5.41) is 0.243. The van der Waals surface area contributed by atoms with Gasteiger partial charge in [-0.05, 0) is 121 Å². The molecule has 202 valence electrons. The molecule has 4 aliphatic rings. The Morgan fingerprint density at radius 2 is 1.66 bits per heavy atom. The zero-order valence-corrected chi connectivity index (χ0v) is 27.5. The molecule has 4 heteroatoms. The van der Waals surface area contributed by atoms with E-state index in [2.05, 4.69) is 84.2 Å². The monoisotopic (exact) mass is 614 g/mol. The van der Waals surface area contributed by atoms with Gasteiger partial charge >= 0.3 is 0 Å². The molecular weight excluding hydrogens is 559 g/mol. The molecule has 0 aliphatic heterocycles. The molecule has 5 unspecified atom stereocenters. The lowest BCUT2D eigenvalue weighted by Gasteiger charge is -2.62. The fraction of sp³-hybridized carbons (Fsp3) is 0.968. The molecule has 0 aromatic carbocycles. The molecule has 0 amide bonds. The van der Waals surface area contributed by atoms with Crippen molar-refractivity contribution < 1.29 is 9.22 Å². The number of Topliss-reactive ketones (excluding diaryl/α,β-unsaturated/α-hetero) is 1. The predicted octanol–water partition coefficient (Wildman–Crippen LogP) is 9.31. The minimum absolute atomic E-state index is 0.243. The van der Waals surface area contributed by atoms with Gasteiger partial charge in [0.2, 0.25) is 0 Å². The lowest BCUT2D eigenvalue weighted by molar-refractivity contribution is -0.172. The highest BCUT2D eigenvalue weighted by Crippen LogP contribution is 2.69. The Kier molecular flexibility index (Phi) is 8.13. The van der Waals surface area contributed by atoms with Crippen LogP contribution in [0.4, 0.5) is 0 Å². The summed E-state index contributed by atoms with van der Waals surface area (Å²) in [5.74, 6) is 4.61. The third kappa shape index (κ3) is 4.68. The molecule has 0 spiro atoms. The number of hydrogen-bond donors (Lipinski definition) is 0.